The van der Waals surface area contributed by atoms with E-state index in [1.165, 1.54) is 5.56 Å². The van der Waals surface area contributed by atoms with Crippen molar-refractivity contribution in [3.05, 3.63) is 54.1 Å². The van der Waals surface area contributed by atoms with Gasteiger partial charge >= 0.3 is 6.03 Å². The van der Waals surface area contributed by atoms with E-state index in [1.807, 2.05) is 62.4 Å². The van der Waals surface area contributed by atoms with Crippen LogP contribution in [-0.4, -0.2) is 12.1 Å². The molecule has 2 aromatic rings. The highest BCUT2D eigenvalue weighted by Gasteiger charge is 2.04. The Morgan fingerprint density at radius 2 is 1.73 bits per heavy atom. The molecule has 0 atom stereocenters. The van der Waals surface area contributed by atoms with Gasteiger partial charge in [0, 0.05) is 11.4 Å². The van der Waals surface area contributed by atoms with Crippen molar-refractivity contribution in [2.45, 2.75) is 33.3 Å². The quantitative estimate of drug-likeness (QED) is 0.842. The van der Waals surface area contributed by atoms with Gasteiger partial charge in [-0.05, 0) is 62.2 Å². The number of ether oxygens (including phenoxy) is 1. The molecule has 0 heterocycles. The van der Waals surface area contributed by atoms with E-state index in [1.54, 1.807) is 0 Å². The number of benzene rings is 2. The van der Waals surface area contributed by atoms with E-state index in [-0.39, 0.29) is 12.1 Å². The van der Waals surface area contributed by atoms with E-state index in [0.29, 0.717) is 0 Å². The van der Waals surface area contributed by atoms with E-state index in [2.05, 4.69) is 17.6 Å². The fraction of sp³-hybridized carbons (Fsp3) is 0.278. The van der Waals surface area contributed by atoms with Crippen molar-refractivity contribution in [1.82, 2.24) is 0 Å². The fourth-order valence-electron chi connectivity index (χ4n) is 2.05. The summed E-state index contributed by atoms with van der Waals surface area (Å²) in [7, 11) is 0. The molecule has 4 heteroatoms. The molecule has 116 valence electrons. The number of hydrogen-bond acceptors (Lipinski definition) is 2. The minimum Gasteiger partial charge on any atom is -0.491 e. The summed E-state index contributed by atoms with van der Waals surface area (Å²) in [6.07, 6.45) is 1.07. The molecule has 4 nitrogen and oxygen atoms in total. The SMILES string of the molecule is CCc1cccc(NC(=O)Nc2ccc(OC(C)C)cc2)c1. The molecule has 0 saturated heterocycles. The molecule has 0 bridgehead atoms. The second-order valence-electron chi connectivity index (χ2n) is 5.32. The van der Waals surface area contributed by atoms with Gasteiger partial charge in [-0.3, -0.25) is 0 Å². The maximum absolute atomic E-state index is 12.0. The van der Waals surface area contributed by atoms with Crippen molar-refractivity contribution < 1.29 is 9.53 Å². The smallest absolute Gasteiger partial charge is 0.323 e. The largest absolute Gasteiger partial charge is 0.491 e. The molecule has 22 heavy (non-hydrogen) atoms. The average molecular weight is 298 g/mol. The molecule has 2 rings (SSSR count). The summed E-state index contributed by atoms with van der Waals surface area (Å²) in [5.74, 6) is 0.789. The molecule has 0 radical (unpaired) electrons. The van der Waals surface area contributed by atoms with Gasteiger partial charge in [0.15, 0.2) is 0 Å². The number of carbonyl (C=O) groups is 1. The Morgan fingerprint density at radius 1 is 1.05 bits per heavy atom. The predicted octanol–water partition coefficient (Wildman–Crippen LogP) is 4.68. The molecule has 0 fully saturated rings. The monoisotopic (exact) mass is 298 g/mol. The Hall–Kier alpha value is -2.49. The number of nitrogens with one attached hydrogen (secondary N) is 2. The van der Waals surface area contributed by atoms with Crippen LogP contribution in [0.2, 0.25) is 0 Å². The van der Waals surface area contributed by atoms with Gasteiger partial charge < -0.3 is 15.4 Å². The molecule has 2 aromatic carbocycles. The lowest BCUT2D eigenvalue weighted by Crippen LogP contribution is -2.19. The summed E-state index contributed by atoms with van der Waals surface area (Å²) < 4.78 is 5.57. The van der Waals surface area contributed by atoms with Crippen LogP contribution < -0.4 is 15.4 Å². The van der Waals surface area contributed by atoms with Crippen molar-refractivity contribution in [2.24, 2.45) is 0 Å². The molecule has 0 aliphatic carbocycles. The number of anilines is 2. The van der Waals surface area contributed by atoms with Crippen molar-refractivity contribution >= 4 is 17.4 Å². The molecule has 0 spiro atoms. The van der Waals surface area contributed by atoms with Crippen LogP contribution in [0.15, 0.2) is 48.5 Å². The Morgan fingerprint density at radius 3 is 2.36 bits per heavy atom. The first-order valence-corrected chi connectivity index (χ1v) is 7.50. The minimum absolute atomic E-state index is 0.132. The van der Waals surface area contributed by atoms with E-state index < -0.39 is 0 Å². The van der Waals surface area contributed by atoms with E-state index in [4.69, 9.17) is 4.74 Å². The molecule has 0 saturated carbocycles. The first kappa shape index (κ1) is 15.9. The summed E-state index contributed by atoms with van der Waals surface area (Å²) >= 11 is 0. The first-order valence-electron chi connectivity index (χ1n) is 7.50. The van der Waals surface area contributed by atoms with Crippen molar-refractivity contribution in [3.63, 3.8) is 0 Å². The van der Waals surface area contributed by atoms with Crippen LogP contribution >= 0.6 is 0 Å². The number of aryl methyl sites for hydroxylation is 1. The molecule has 0 aliphatic rings. The Labute approximate surface area is 131 Å². The normalized spacial score (nSPS) is 10.4. The predicted molar refractivity (Wildman–Crippen MR) is 90.7 cm³/mol. The van der Waals surface area contributed by atoms with Gasteiger partial charge in [-0.15, -0.1) is 0 Å². The highest BCUT2D eigenvalue weighted by Crippen LogP contribution is 2.17. The van der Waals surface area contributed by atoms with Gasteiger partial charge in [-0.25, -0.2) is 4.79 Å². The first-order chi connectivity index (χ1) is 10.6. The van der Waals surface area contributed by atoms with Gasteiger partial charge in [0.05, 0.1) is 6.10 Å². The highest BCUT2D eigenvalue weighted by molar-refractivity contribution is 5.99. The molecule has 0 aromatic heterocycles. The van der Waals surface area contributed by atoms with E-state index >= 15 is 0 Å². The van der Waals surface area contributed by atoms with Gasteiger partial charge in [-0.2, -0.15) is 0 Å². The van der Waals surface area contributed by atoms with Crippen LogP contribution in [0.4, 0.5) is 16.2 Å². The zero-order valence-corrected chi connectivity index (χ0v) is 13.2. The summed E-state index contributed by atoms with van der Waals surface area (Å²) in [4.78, 5) is 12.0. The van der Waals surface area contributed by atoms with Crippen LogP contribution in [0.25, 0.3) is 0 Å². The van der Waals surface area contributed by atoms with Crippen LogP contribution in [-0.2, 0) is 6.42 Å². The second-order valence-corrected chi connectivity index (χ2v) is 5.32. The highest BCUT2D eigenvalue weighted by atomic mass is 16.5. The molecule has 0 unspecified atom stereocenters. The zero-order valence-electron chi connectivity index (χ0n) is 13.2. The third-order valence-electron chi connectivity index (χ3n) is 3.08. The Kier molecular flexibility index (Phi) is 5.42. The molecule has 2 amide bonds. The Bertz CT molecular complexity index is 621. The maximum Gasteiger partial charge on any atom is 0.323 e. The van der Waals surface area contributed by atoms with E-state index in [9.17, 15) is 4.79 Å². The van der Waals surface area contributed by atoms with Crippen molar-refractivity contribution in [1.29, 1.82) is 0 Å². The lowest BCUT2D eigenvalue weighted by molar-refractivity contribution is 0.242. The van der Waals surface area contributed by atoms with E-state index in [0.717, 1.165) is 23.5 Å². The van der Waals surface area contributed by atoms with Gasteiger partial charge in [0.2, 0.25) is 0 Å². The van der Waals surface area contributed by atoms with Crippen molar-refractivity contribution in [3.8, 4) is 5.75 Å². The number of urea groups is 1. The van der Waals surface area contributed by atoms with Crippen LogP contribution in [0.3, 0.4) is 0 Å². The third-order valence-corrected chi connectivity index (χ3v) is 3.08. The Balaban J connectivity index is 1.93. The summed E-state index contributed by atoms with van der Waals surface area (Å²) in [5.41, 5.74) is 2.70. The maximum atomic E-state index is 12.0. The fourth-order valence-corrected chi connectivity index (χ4v) is 2.05. The third kappa shape index (κ3) is 4.81. The van der Waals surface area contributed by atoms with Crippen LogP contribution in [0.5, 0.6) is 5.75 Å². The van der Waals surface area contributed by atoms with Crippen LogP contribution in [0, 0.1) is 0 Å². The summed E-state index contributed by atoms with van der Waals surface area (Å²) in [6.45, 7) is 6.04. The lowest BCUT2D eigenvalue weighted by atomic mass is 10.1. The second kappa shape index (κ2) is 7.50. The van der Waals surface area contributed by atoms with Gasteiger partial charge in [-0.1, -0.05) is 19.1 Å². The average Bonchev–Trinajstić information content (AvgIpc) is 2.49. The molecule has 0 aliphatic heterocycles. The van der Waals surface area contributed by atoms with Crippen LogP contribution in [0.1, 0.15) is 26.3 Å². The topological polar surface area (TPSA) is 50.4 Å². The summed E-state index contributed by atoms with van der Waals surface area (Å²) in [6, 6.07) is 14.9. The van der Waals surface area contributed by atoms with Crippen molar-refractivity contribution in [2.75, 3.05) is 10.6 Å². The zero-order chi connectivity index (χ0) is 15.9. The molecular weight excluding hydrogens is 276 g/mol. The molecular formula is C18H22N2O2. The summed E-state index contributed by atoms with van der Waals surface area (Å²) in [5, 5.41) is 5.63. The number of rotatable bonds is 5. The number of amides is 2. The van der Waals surface area contributed by atoms with Gasteiger partial charge in [0.25, 0.3) is 0 Å². The molecule has 2 N–H and O–H groups in total. The standard InChI is InChI=1S/C18H22N2O2/c1-4-14-6-5-7-16(12-14)20-18(21)19-15-8-10-17(11-9-15)22-13(2)3/h5-13H,4H2,1-3H3,(H2,19,20,21). The number of carbonyl (C=O) groups excluding carboxylic acids is 1. The number of hydrogen-bond donors (Lipinski definition) is 2. The van der Waals surface area contributed by atoms with Gasteiger partial charge in [0.1, 0.15) is 5.75 Å². The minimum atomic E-state index is -0.259. The lowest BCUT2D eigenvalue weighted by Gasteiger charge is -2.11.